The molecule has 1 saturated heterocycles. The molecule has 1 aliphatic heterocycles. The van der Waals surface area contributed by atoms with Crippen molar-refractivity contribution in [2.45, 2.75) is 13.0 Å². The van der Waals surface area contributed by atoms with Gasteiger partial charge in [-0.2, -0.15) is 0 Å². The Morgan fingerprint density at radius 2 is 2.44 bits per heavy atom. The lowest BCUT2D eigenvalue weighted by molar-refractivity contribution is -0.146. The largest absolute Gasteiger partial charge is 0.463 e. The Labute approximate surface area is 53.9 Å². The van der Waals surface area contributed by atoms with Gasteiger partial charge in [-0.1, -0.05) is 6.92 Å². The minimum atomic E-state index is -0.329. The van der Waals surface area contributed by atoms with Gasteiger partial charge in [0, 0.05) is 13.0 Å². The van der Waals surface area contributed by atoms with Gasteiger partial charge in [0.1, 0.15) is 0 Å². The molecule has 1 aliphatic rings. The molecule has 0 aliphatic carbocycles. The molecule has 1 heterocycles. The molecule has 0 radical (unpaired) electrons. The number of hydrogen-bond donors (Lipinski definition) is 0. The fourth-order valence-electron chi connectivity index (χ4n) is 0.944. The quantitative estimate of drug-likeness (QED) is 0.475. The van der Waals surface area contributed by atoms with Gasteiger partial charge in [0.15, 0.2) is 6.10 Å². The zero-order chi connectivity index (χ0) is 6.85. The summed E-state index contributed by atoms with van der Waals surface area (Å²) in [4.78, 5) is 10.7. The highest BCUT2D eigenvalue weighted by molar-refractivity contribution is 5.76. The van der Waals surface area contributed by atoms with Gasteiger partial charge in [0.2, 0.25) is 0 Å². The van der Waals surface area contributed by atoms with Crippen LogP contribution in [0.3, 0.4) is 0 Å². The highest BCUT2D eigenvalue weighted by Crippen LogP contribution is 2.16. The lowest BCUT2D eigenvalue weighted by Gasteiger charge is -2.05. The molecule has 0 spiro atoms. The number of methoxy groups -OCH3 is 1. The maximum Gasteiger partial charge on any atom is 0.335 e. The first-order valence-electron chi connectivity index (χ1n) is 2.95. The molecule has 0 amide bonds. The van der Waals surface area contributed by atoms with Crippen LogP contribution in [0.2, 0.25) is 0 Å². The summed E-state index contributed by atoms with van der Waals surface area (Å²) in [5.74, 6) is -0.0208. The third kappa shape index (κ3) is 1.05. The number of carbonyl (C=O) groups excluding carboxylic acids is 1. The molecule has 1 rings (SSSR count). The first kappa shape index (κ1) is 6.55. The van der Waals surface area contributed by atoms with Crippen LogP contribution in [-0.4, -0.2) is 25.8 Å². The van der Waals surface area contributed by atoms with E-state index in [-0.39, 0.29) is 18.0 Å². The van der Waals surface area contributed by atoms with Crippen molar-refractivity contribution >= 4 is 5.97 Å². The van der Waals surface area contributed by atoms with Gasteiger partial charge in [0.25, 0.3) is 0 Å². The number of esters is 1. The second kappa shape index (κ2) is 2.35. The van der Waals surface area contributed by atoms with Gasteiger partial charge < -0.3 is 9.47 Å². The van der Waals surface area contributed by atoms with Crippen LogP contribution in [0.15, 0.2) is 0 Å². The van der Waals surface area contributed by atoms with Crippen LogP contribution in [0.4, 0.5) is 0 Å². The summed E-state index contributed by atoms with van der Waals surface area (Å²) in [6.07, 6.45) is -0.329. The Bertz CT molecular complexity index is 121. The minimum absolute atomic E-state index is 0.211. The van der Waals surface area contributed by atoms with Crippen LogP contribution in [0.5, 0.6) is 0 Å². The van der Waals surface area contributed by atoms with Gasteiger partial charge in [-0.3, -0.25) is 0 Å². The summed E-state index contributed by atoms with van der Waals surface area (Å²) in [5.41, 5.74) is 0. The van der Waals surface area contributed by atoms with E-state index >= 15 is 0 Å². The molecule has 0 aromatic rings. The average Bonchev–Trinajstić information content (AvgIpc) is 2.12. The normalized spacial score (nSPS) is 34.7. The fourth-order valence-corrected chi connectivity index (χ4v) is 0.944. The van der Waals surface area contributed by atoms with E-state index in [0.717, 1.165) is 0 Å². The monoisotopic (exact) mass is 130 g/mol. The zero-order valence-corrected chi connectivity index (χ0v) is 5.59. The van der Waals surface area contributed by atoms with Crippen LogP contribution in [-0.2, 0) is 14.3 Å². The maximum atomic E-state index is 10.7. The van der Waals surface area contributed by atoms with Crippen molar-refractivity contribution in [3.8, 4) is 0 Å². The van der Waals surface area contributed by atoms with Gasteiger partial charge >= 0.3 is 5.97 Å². The number of carbonyl (C=O) groups is 1. The van der Waals surface area contributed by atoms with E-state index in [1.54, 1.807) is 0 Å². The number of rotatable bonds is 1. The van der Waals surface area contributed by atoms with Crippen molar-refractivity contribution in [3.63, 3.8) is 0 Å². The van der Waals surface area contributed by atoms with Gasteiger partial charge in [-0.15, -0.1) is 0 Å². The van der Waals surface area contributed by atoms with E-state index in [1.165, 1.54) is 7.11 Å². The number of ether oxygens (including phenoxy) is 2. The minimum Gasteiger partial charge on any atom is -0.463 e. The van der Waals surface area contributed by atoms with Crippen LogP contribution >= 0.6 is 0 Å². The molecule has 1 fully saturated rings. The Hall–Kier alpha value is -0.570. The first-order valence-corrected chi connectivity index (χ1v) is 2.95. The van der Waals surface area contributed by atoms with Crippen molar-refractivity contribution in [1.82, 2.24) is 0 Å². The Balaban J connectivity index is 2.55. The van der Waals surface area contributed by atoms with Crippen molar-refractivity contribution in [2.75, 3.05) is 13.7 Å². The molecule has 52 valence electrons. The molecular formula is C6H10O3. The molecule has 2 unspecified atom stereocenters. The zero-order valence-electron chi connectivity index (χ0n) is 5.59. The lowest BCUT2D eigenvalue weighted by atomic mass is 10.1. The number of hydrogen-bond acceptors (Lipinski definition) is 3. The third-order valence-electron chi connectivity index (χ3n) is 1.49. The molecule has 0 aromatic heterocycles. The standard InChI is InChI=1S/C6H10O3/c1-4-3-9-6(7)5(4)8-2/h4-5H,3H2,1-2H3. The van der Waals surface area contributed by atoms with Crippen LogP contribution in [0, 0.1) is 5.92 Å². The first-order chi connectivity index (χ1) is 4.25. The molecule has 3 nitrogen and oxygen atoms in total. The molecule has 0 bridgehead atoms. The Morgan fingerprint density at radius 3 is 2.67 bits per heavy atom. The highest BCUT2D eigenvalue weighted by atomic mass is 16.6. The second-order valence-corrected chi connectivity index (χ2v) is 2.26. The Kier molecular flexibility index (Phi) is 1.71. The average molecular weight is 130 g/mol. The van der Waals surface area contributed by atoms with E-state index in [1.807, 2.05) is 6.92 Å². The van der Waals surface area contributed by atoms with E-state index < -0.39 is 0 Å². The summed E-state index contributed by atoms with van der Waals surface area (Å²) in [5, 5.41) is 0. The van der Waals surface area contributed by atoms with Gasteiger partial charge in [-0.05, 0) is 0 Å². The van der Waals surface area contributed by atoms with Crippen molar-refractivity contribution in [1.29, 1.82) is 0 Å². The molecule has 2 atom stereocenters. The predicted molar refractivity (Wildman–Crippen MR) is 30.9 cm³/mol. The molecule has 0 aromatic carbocycles. The van der Waals surface area contributed by atoms with E-state index in [4.69, 9.17) is 9.47 Å². The second-order valence-electron chi connectivity index (χ2n) is 2.26. The third-order valence-corrected chi connectivity index (χ3v) is 1.49. The molecule has 9 heavy (non-hydrogen) atoms. The summed E-state index contributed by atoms with van der Waals surface area (Å²) in [6, 6.07) is 0. The van der Waals surface area contributed by atoms with Crippen LogP contribution < -0.4 is 0 Å². The summed E-state index contributed by atoms with van der Waals surface area (Å²) in [6.45, 7) is 2.43. The summed E-state index contributed by atoms with van der Waals surface area (Å²) in [7, 11) is 1.52. The summed E-state index contributed by atoms with van der Waals surface area (Å²) < 4.78 is 9.57. The van der Waals surface area contributed by atoms with Gasteiger partial charge in [-0.25, -0.2) is 4.79 Å². The molecule has 3 heteroatoms. The predicted octanol–water partition coefficient (Wildman–Crippen LogP) is 0.194. The summed E-state index contributed by atoms with van der Waals surface area (Å²) >= 11 is 0. The van der Waals surface area contributed by atoms with Crippen LogP contribution in [0.25, 0.3) is 0 Å². The van der Waals surface area contributed by atoms with E-state index in [9.17, 15) is 4.79 Å². The topological polar surface area (TPSA) is 35.5 Å². The fraction of sp³-hybridized carbons (Fsp3) is 0.833. The SMILES string of the molecule is COC1C(=O)OCC1C. The molecule has 0 saturated carbocycles. The highest BCUT2D eigenvalue weighted by Gasteiger charge is 2.33. The van der Waals surface area contributed by atoms with E-state index in [2.05, 4.69) is 0 Å². The van der Waals surface area contributed by atoms with Crippen molar-refractivity contribution in [2.24, 2.45) is 5.92 Å². The lowest BCUT2D eigenvalue weighted by Crippen LogP contribution is -2.22. The van der Waals surface area contributed by atoms with Crippen molar-refractivity contribution in [3.05, 3.63) is 0 Å². The maximum absolute atomic E-state index is 10.7. The smallest absolute Gasteiger partial charge is 0.335 e. The van der Waals surface area contributed by atoms with Crippen LogP contribution in [0.1, 0.15) is 6.92 Å². The Morgan fingerprint density at radius 1 is 1.78 bits per heavy atom. The van der Waals surface area contributed by atoms with Gasteiger partial charge in [0.05, 0.1) is 6.61 Å². The molecular weight excluding hydrogens is 120 g/mol. The van der Waals surface area contributed by atoms with E-state index in [0.29, 0.717) is 6.61 Å². The number of cyclic esters (lactones) is 1. The van der Waals surface area contributed by atoms with Crippen molar-refractivity contribution < 1.29 is 14.3 Å². The molecule has 0 N–H and O–H groups in total.